The second-order valence-electron chi connectivity index (χ2n) is 4.56. The van der Waals surface area contributed by atoms with E-state index in [2.05, 4.69) is 33.6 Å². The van der Waals surface area contributed by atoms with E-state index < -0.39 is 0 Å². The molecule has 0 amide bonds. The van der Waals surface area contributed by atoms with E-state index in [0.29, 0.717) is 6.04 Å². The topological polar surface area (TPSA) is 43.1 Å². The van der Waals surface area contributed by atoms with Crippen molar-refractivity contribution in [1.82, 2.24) is 20.5 Å². The van der Waals surface area contributed by atoms with Crippen molar-refractivity contribution in [3.05, 3.63) is 24.0 Å². The lowest BCUT2D eigenvalue weighted by Crippen LogP contribution is -2.53. The number of likely N-dealkylation sites (N-methyl/N-ethyl adjacent to an activating group) is 1. The summed E-state index contributed by atoms with van der Waals surface area (Å²) >= 11 is 0. The SMILES string of the molecule is CN1CCNC(CNCCc2ccc[nH]2)C1. The molecule has 1 fully saturated rings. The first-order valence-corrected chi connectivity index (χ1v) is 6.09. The second kappa shape index (κ2) is 6.03. The first-order chi connectivity index (χ1) is 7.84. The van der Waals surface area contributed by atoms with Gasteiger partial charge in [0.2, 0.25) is 0 Å². The number of hydrogen-bond donors (Lipinski definition) is 3. The van der Waals surface area contributed by atoms with Crippen LogP contribution in [0.2, 0.25) is 0 Å². The Hall–Kier alpha value is -0.840. The van der Waals surface area contributed by atoms with Crippen molar-refractivity contribution in [2.45, 2.75) is 12.5 Å². The van der Waals surface area contributed by atoms with Crippen molar-refractivity contribution in [3.63, 3.8) is 0 Å². The van der Waals surface area contributed by atoms with E-state index in [4.69, 9.17) is 0 Å². The number of H-pyrrole nitrogens is 1. The lowest BCUT2D eigenvalue weighted by Gasteiger charge is -2.31. The van der Waals surface area contributed by atoms with Crippen molar-refractivity contribution in [2.24, 2.45) is 0 Å². The fourth-order valence-electron chi connectivity index (χ4n) is 2.15. The highest BCUT2D eigenvalue weighted by Gasteiger charge is 2.15. The molecule has 1 atom stereocenters. The molecule has 1 aromatic rings. The average molecular weight is 222 g/mol. The maximum Gasteiger partial charge on any atom is 0.0320 e. The molecule has 0 aliphatic carbocycles. The van der Waals surface area contributed by atoms with E-state index in [0.717, 1.165) is 32.6 Å². The second-order valence-corrected chi connectivity index (χ2v) is 4.56. The molecule has 1 aromatic heterocycles. The molecule has 1 aliphatic heterocycles. The molecule has 2 heterocycles. The van der Waals surface area contributed by atoms with Crippen LogP contribution in [0.3, 0.4) is 0 Å². The van der Waals surface area contributed by atoms with Crippen LogP contribution >= 0.6 is 0 Å². The van der Waals surface area contributed by atoms with Gasteiger partial charge in [-0.2, -0.15) is 0 Å². The lowest BCUT2D eigenvalue weighted by molar-refractivity contribution is 0.235. The summed E-state index contributed by atoms with van der Waals surface area (Å²) in [6, 6.07) is 4.78. The molecule has 4 nitrogen and oxygen atoms in total. The number of nitrogens with zero attached hydrogens (tertiary/aromatic N) is 1. The Labute approximate surface area is 97.4 Å². The van der Waals surface area contributed by atoms with Gasteiger partial charge >= 0.3 is 0 Å². The number of aromatic amines is 1. The van der Waals surface area contributed by atoms with Crippen LogP contribution in [0, 0.1) is 0 Å². The Morgan fingerprint density at radius 3 is 3.25 bits per heavy atom. The summed E-state index contributed by atoms with van der Waals surface area (Å²) in [4.78, 5) is 5.60. The van der Waals surface area contributed by atoms with Gasteiger partial charge in [-0.3, -0.25) is 0 Å². The monoisotopic (exact) mass is 222 g/mol. The highest BCUT2D eigenvalue weighted by molar-refractivity contribution is 5.03. The van der Waals surface area contributed by atoms with E-state index in [-0.39, 0.29) is 0 Å². The molecule has 4 heteroatoms. The molecule has 1 unspecified atom stereocenters. The van der Waals surface area contributed by atoms with Gasteiger partial charge in [0.15, 0.2) is 0 Å². The minimum Gasteiger partial charge on any atom is -0.365 e. The Bertz CT molecular complexity index is 283. The number of piperazine rings is 1. The van der Waals surface area contributed by atoms with E-state index in [1.165, 1.54) is 12.2 Å². The normalized spacial score (nSPS) is 22.4. The highest BCUT2D eigenvalue weighted by Crippen LogP contribution is 1.96. The number of aromatic nitrogens is 1. The van der Waals surface area contributed by atoms with Gasteiger partial charge < -0.3 is 20.5 Å². The van der Waals surface area contributed by atoms with Gasteiger partial charge in [0.1, 0.15) is 0 Å². The minimum absolute atomic E-state index is 0.599. The van der Waals surface area contributed by atoms with Gasteiger partial charge in [-0.25, -0.2) is 0 Å². The fraction of sp³-hybridized carbons (Fsp3) is 0.667. The third-order valence-corrected chi connectivity index (χ3v) is 3.08. The molecule has 0 bridgehead atoms. The Kier molecular flexibility index (Phi) is 4.39. The van der Waals surface area contributed by atoms with E-state index in [9.17, 15) is 0 Å². The summed E-state index contributed by atoms with van der Waals surface area (Å²) in [5.41, 5.74) is 1.31. The molecular formula is C12H22N4. The third kappa shape index (κ3) is 3.63. The van der Waals surface area contributed by atoms with Gasteiger partial charge in [-0.15, -0.1) is 0 Å². The average Bonchev–Trinajstić information content (AvgIpc) is 2.77. The largest absolute Gasteiger partial charge is 0.365 e. The van der Waals surface area contributed by atoms with Crippen LogP contribution in [0.15, 0.2) is 18.3 Å². The van der Waals surface area contributed by atoms with Crippen molar-refractivity contribution in [2.75, 3.05) is 39.8 Å². The molecule has 0 saturated carbocycles. The van der Waals surface area contributed by atoms with E-state index in [1.807, 2.05) is 12.3 Å². The van der Waals surface area contributed by atoms with Crippen LogP contribution < -0.4 is 10.6 Å². The van der Waals surface area contributed by atoms with Crippen LogP contribution in [0.5, 0.6) is 0 Å². The minimum atomic E-state index is 0.599. The van der Waals surface area contributed by atoms with E-state index >= 15 is 0 Å². The first-order valence-electron chi connectivity index (χ1n) is 6.09. The summed E-state index contributed by atoms with van der Waals surface area (Å²) in [5.74, 6) is 0. The molecule has 90 valence electrons. The maximum absolute atomic E-state index is 3.53. The quantitative estimate of drug-likeness (QED) is 0.617. The Morgan fingerprint density at radius 2 is 2.50 bits per heavy atom. The molecule has 1 aliphatic rings. The molecule has 0 spiro atoms. The van der Waals surface area contributed by atoms with Crippen LogP contribution in [0.1, 0.15) is 5.69 Å². The standard InChI is InChI=1S/C12H22N4/c1-16-8-7-15-12(10-16)9-13-6-4-11-3-2-5-14-11/h2-3,5,12-15H,4,6-10H2,1H3. The highest BCUT2D eigenvalue weighted by atomic mass is 15.2. The van der Waals surface area contributed by atoms with Crippen LogP contribution in [0.4, 0.5) is 0 Å². The van der Waals surface area contributed by atoms with Crippen molar-refractivity contribution < 1.29 is 0 Å². The summed E-state index contributed by atoms with van der Waals surface area (Å²) < 4.78 is 0. The Morgan fingerprint density at radius 1 is 1.56 bits per heavy atom. The predicted molar refractivity (Wildman–Crippen MR) is 66.7 cm³/mol. The van der Waals surface area contributed by atoms with Crippen LogP contribution in [-0.2, 0) is 6.42 Å². The van der Waals surface area contributed by atoms with Gasteiger partial charge in [0, 0.05) is 50.7 Å². The first kappa shape index (κ1) is 11.6. The third-order valence-electron chi connectivity index (χ3n) is 3.08. The van der Waals surface area contributed by atoms with Crippen molar-refractivity contribution in [1.29, 1.82) is 0 Å². The Balaban J connectivity index is 1.57. The number of hydrogen-bond acceptors (Lipinski definition) is 3. The molecule has 2 rings (SSSR count). The smallest absolute Gasteiger partial charge is 0.0320 e. The number of nitrogens with one attached hydrogen (secondary N) is 3. The molecule has 0 aromatic carbocycles. The van der Waals surface area contributed by atoms with Crippen LogP contribution in [-0.4, -0.2) is 55.7 Å². The van der Waals surface area contributed by atoms with Gasteiger partial charge in [0.25, 0.3) is 0 Å². The van der Waals surface area contributed by atoms with Crippen molar-refractivity contribution >= 4 is 0 Å². The predicted octanol–water partition coefficient (Wildman–Crippen LogP) is 0.0504. The summed E-state index contributed by atoms with van der Waals surface area (Å²) in [5, 5.41) is 7.04. The molecule has 3 N–H and O–H groups in total. The molecule has 1 saturated heterocycles. The van der Waals surface area contributed by atoms with Gasteiger partial charge in [-0.05, 0) is 25.6 Å². The zero-order valence-corrected chi connectivity index (χ0v) is 10.00. The summed E-state index contributed by atoms with van der Waals surface area (Å²) in [6.45, 7) is 5.53. The van der Waals surface area contributed by atoms with Crippen LogP contribution in [0.25, 0.3) is 0 Å². The molecule has 0 radical (unpaired) electrons. The zero-order chi connectivity index (χ0) is 11.2. The molecule has 16 heavy (non-hydrogen) atoms. The van der Waals surface area contributed by atoms with E-state index in [1.54, 1.807) is 0 Å². The fourth-order valence-corrected chi connectivity index (χ4v) is 2.15. The van der Waals surface area contributed by atoms with Crippen molar-refractivity contribution in [3.8, 4) is 0 Å². The zero-order valence-electron chi connectivity index (χ0n) is 10.00. The summed E-state index contributed by atoms with van der Waals surface area (Å²) in [6.07, 6.45) is 3.06. The van der Waals surface area contributed by atoms with Gasteiger partial charge in [0.05, 0.1) is 0 Å². The summed E-state index contributed by atoms with van der Waals surface area (Å²) in [7, 11) is 2.19. The maximum atomic E-state index is 3.53. The van der Waals surface area contributed by atoms with Gasteiger partial charge in [-0.1, -0.05) is 0 Å². The number of rotatable bonds is 5. The molecular weight excluding hydrogens is 200 g/mol. The lowest BCUT2D eigenvalue weighted by atomic mass is 10.2.